The first-order chi connectivity index (χ1) is 15.7. The van der Waals surface area contributed by atoms with Gasteiger partial charge in [0.25, 0.3) is 0 Å². The molecule has 0 aliphatic rings. The highest BCUT2D eigenvalue weighted by Crippen LogP contribution is 2.19. The van der Waals surface area contributed by atoms with Crippen LogP contribution < -0.4 is 4.74 Å². The van der Waals surface area contributed by atoms with Crippen LogP contribution in [0.25, 0.3) is 10.9 Å². The van der Waals surface area contributed by atoms with Gasteiger partial charge in [0.1, 0.15) is 12.4 Å². The summed E-state index contributed by atoms with van der Waals surface area (Å²) in [7, 11) is 0. The number of hydrogen-bond donors (Lipinski definition) is 0. The molecule has 0 aliphatic heterocycles. The Morgan fingerprint density at radius 1 is 0.844 bits per heavy atom. The van der Waals surface area contributed by atoms with Gasteiger partial charge in [-0.2, -0.15) is 5.26 Å². The van der Waals surface area contributed by atoms with Gasteiger partial charge in [-0.1, -0.05) is 67.6 Å². The number of fused-ring (bicyclic) bond motifs is 1. The number of nitriles is 1. The van der Waals surface area contributed by atoms with Crippen LogP contribution in [0.4, 0.5) is 0 Å². The summed E-state index contributed by atoms with van der Waals surface area (Å²) in [5.74, 6) is 1.40. The Labute approximate surface area is 190 Å². The van der Waals surface area contributed by atoms with Crippen molar-refractivity contribution in [3.63, 3.8) is 0 Å². The topological polar surface area (TPSA) is 45.9 Å². The second kappa shape index (κ2) is 10.6. The van der Waals surface area contributed by atoms with Gasteiger partial charge in [-0.3, -0.25) is 4.98 Å². The summed E-state index contributed by atoms with van der Waals surface area (Å²) in [5.41, 5.74) is 5.79. The zero-order chi connectivity index (χ0) is 22.2. The lowest BCUT2D eigenvalue weighted by Gasteiger charge is -2.11. The summed E-state index contributed by atoms with van der Waals surface area (Å²) >= 11 is 0. The molecule has 1 aromatic heterocycles. The Morgan fingerprint density at radius 3 is 2.34 bits per heavy atom. The van der Waals surface area contributed by atoms with Crippen LogP contribution >= 0.6 is 0 Å². The Hall–Kier alpha value is -3.64. The molecule has 1 unspecified atom stereocenters. The van der Waals surface area contributed by atoms with E-state index in [1.54, 1.807) is 0 Å². The first-order valence-electron chi connectivity index (χ1n) is 11.2. The lowest BCUT2D eigenvalue weighted by atomic mass is 9.97. The van der Waals surface area contributed by atoms with Gasteiger partial charge in [0.2, 0.25) is 0 Å². The van der Waals surface area contributed by atoms with Gasteiger partial charge in [-0.05, 0) is 59.7 Å². The molecule has 0 radical (unpaired) electrons. The van der Waals surface area contributed by atoms with E-state index in [1.807, 2.05) is 24.3 Å². The molecule has 4 aromatic rings. The van der Waals surface area contributed by atoms with Crippen molar-refractivity contribution in [1.29, 1.82) is 5.26 Å². The highest BCUT2D eigenvalue weighted by Gasteiger charge is 2.05. The zero-order valence-electron chi connectivity index (χ0n) is 18.5. The van der Waals surface area contributed by atoms with Crippen molar-refractivity contribution in [3.8, 4) is 11.8 Å². The number of aromatic nitrogens is 1. The van der Waals surface area contributed by atoms with Crippen molar-refractivity contribution in [3.05, 3.63) is 107 Å². The Morgan fingerprint density at radius 2 is 1.56 bits per heavy atom. The van der Waals surface area contributed by atoms with Gasteiger partial charge in [-0.15, -0.1) is 0 Å². The molecule has 3 heteroatoms. The normalized spacial score (nSPS) is 11.8. The minimum absolute atomic E-state index is 0.518. The number of para-hydroxylation sites is 1. The van der Waals surface area contributed by atoms with Crippen molar-refractivity contribution < 1.29 is 4.74 Å². The number of hydrogen-bond acceptors (Lipinski definition) is 3. The average Bonchev–Trinajstić information content (AvgIpc) is 2.83. The van der Waals surface area contributed by atoms with Gasteiger partial charge < -0.3 is 4.74 Å². The van der Waals surface area contributed by atoms with E-state index in [4.69, 9.17) is 15.0 Å². The fraction of sp³-hybridized carbons (Fsp3) is 0.241. The maximum absolute atomic E-state index is 8.72. The molecule has 1 atom stereocenters. The first kappa shape index (κ1) is 21.6. The zero-order valence-corrected chi connectivity index (χ0v) is 18.5. The van der Waals surface area contributed by atoms with E-state index in [0.717, 1.165) is 41.8 Å². The third-order valence-electron chi connectivity index (χ3n) is 5.73. The van der Waals surface area contributed by atoms with Crippen molar-refractivity contribution >= 4 is 10.9 Å². The predicted octanol–water partition coefficient (Wildman–Crippen LogP) is 6.89. The summed E-state index contributed by atoms with van der Waals surface area (Å²) in [4.78, 5) is 4.77. The van der Waals surface area contributed by atoms with Crippen molar-refractivity contribution in [2.45, 2.75) is 39.2 Å². The van der Waals surface area contributed by atoms with E-state index in [2.05, 4.69) is 73.7 Å². The Kier molecular flexibility index (Phi) is 7.15. The molecule has 0 aliphatic carbocycles. The van der Waals surface area contributed by atoms with Crippen LogP contribution in [0.5, 0.6) is 5.75 Å². The molecule has 32 heavy (non-hydrogen) atoms. The van der Waals surface area contributed by atoms with E-state index < -0.39 is 0 Å². The van der Waals surface area contributed by atoms with Gasteiger partial charge in [-0.25, -0.2) is 0 Å². The molecule has 3 aromatic carbocycles. The minimum Gasteiger partial charge on any atom is -0.489 e. The Bertz CT molecular complexity index is 1190. The van der Waals surface area contributed by atoms with Gasteiger partial charge in [0, 0.05) is 23.9 Å². The fourth-order valence-corrected chi connectivity index (χ4v) is 3.87. The molecule has 1 heterocycles. The maximum Gasteiger partial charge on any atom is 0.119 e. The van der Waals surface area contributed by atoms with Crippen molar-refractivity contribution in [1.82, 2.24) is 4.98 Å². The summed E-state index contributed by atoms with van der Waals surface area (Å²) in [6.45, 7) is 2.74. The van der Waals surface area contributed by atoms with Gasteiger partial charge >= 0.3 is 0 Å². The van der Waals surface area contributed by atoms with Crippen LogP contribution in [0.2, 0.25) is 0 Å². The number of rotatable bonds is 9. The van der Waals surface area contributed by atoms with Crippen LogP contribution in [0.1, 0.15) is 42.1 Å². The van der Waals surface area contributed by atoms with E-state index in [9.17, 15) is 0 Å². The molecule has 0 saturated carbocycles. The molecular weight excluding hydrogens is 392 g/mol. The molecule has 0 saturated heterocycles. The second-order valence-electron chi connectivity index (χ2n) is 8.43. The van der Waals surface area contributed by atoms with E-state index in [-0.39, 0.29) is 0 Å². The van der Waals surface area contributed by atoms with Crippen LogP contribution in [0.15, 0.2) is 84.9 Å². The molecule has 160 valence electrons. The highest BCUT2D eigenvalue weighted by atomic mass is 16.5. The lowest BCUT2D eigenvalue weighted by Crippen LogP contribution is -2.00. The number of nitrogens with zero attached hydrogens (tertiary/aromatic N) is 2. The molecule has 0 bridgehead atoms. The van der Waals surface area contributed by atoms with Crippen LogP contribution in [0.3, 0.4) is 0 Å². The summed E-state index contributed by atoms with van der Waals surface area (Å²) in [6, 6.07) is 31.6. The highest BCUT2D eigenvalue weighted by molar-refractivity contribution is 5.78. The van der Waals surface area contributed by atoms with Crippen molar-refractivity contribution in [2.24, 2.45) is 5.92 Å². The van der Waals surface area contributed by atoms with Gasteiger partial charge in [0.15, 0.2) is 0 Å². The fourth-order valence-electron chi connectivity index (χ4n) is 3.87. The van der Waals surface area contributed by atoms with E-state index >= 15 is 0 Å². The third kappa shape index (κ3) is 5.95. The molecule has 0 fully saturated rings. The summed E-state index contributed by atoms with van der Waals surface area (Å²) < 4.78 is 5.97. The third-order valence-corrected chi connectivity index (χ3v) is 5.73. The molecule has 0 N–H and O–H groups in total. The quantitative estimate of drug-likeness (QED) is 0.296. The molecule has 0 amide bonds. The first-order valence-corrected chi connectivity index (χ1v) is 11.2. The second-order valence-corrected chi connectivity index (χ2v) is 8.43. The molecule has 3 nitrogen and oxygen atoms in total. The van der Waals surface area contributed by atoms with Crippen molar-refractivity contribution in [2.75, 3.05) is 0 Å². The van der Waals surface area contributed by atoms with Crippen LogP contribution in [-0.2, 0) is 19.4 Å². The average molecular weight is 421 g/mol. The number of pyridine rings is 1. The summed E-state index contributed by atoms with van der Waals surface area (Å²) in [6.07, 6.45) is 3.39. The number of ether oxygens (including phenoxy) is 1. The molecular formula is C29H28N2O. The van der Waals surface area contributed by atoms with Crippen LogP contribution in [-0.4, -0.2) is 4.98 Å². The molecule has 0 spiro atoms. The standard InChI is InChI=1S/C29H28N2O/c1-22(5-4-18-30)19-23-12-16-28(17-13-23)32-21-25-10-8-24(9-11-25)20-27-15-14-26-6-2-3-7-29(26)31-27/h2-3,6-17,22H,4-5,19-21H2,1H3. The SMILES string of the molecule is CC(CCC#N)Cc1ccc(OCc2ccc(Cc3ccc4ccccc4n3)cc2)cc1. The summed E-state index contributed by atoms with van der Waals surface area (Å²) in [5, 5.41) is 9.89. The van der Waals surface area contributed by atoms with Gasteiger partial charge in [0.05, 0.1) is 11.6 Å². The Balaban J connectivity index is 1.29. The van der Waals surface area contributed by atoms with E-state index in [0.29, 0.717) is 18.9 Å². The van der Waals surface area contributed by atoms with Crippen LogP contribution in [0, 0.1) is 17.2 Å². The maximum atomic E-state index is 8.72. The number of benzene rings is 3. The largest absolute Gasteiger partial charge is 0.489 e. The minimum atomic E-state index is 0.518. The smallest absolute Gasteiger partial charge is 0.119 e. The lowest BCUT2D eigenvalue weighted by molar-refractivity contribution is 0.306. The van der Waals surface area contributed by atoms with E-state index in [1.165, 1.54) is 16.5 Å². The molecule has 4 rings (SSSR count). The predicted molar refractivity (Wildman–Crippen MR) is 129 cm³/mol. The monoisotopic (exact) mass is 420 g/mol.